The van der Waals surface area contributed by atoms with Crippen LogP contribution in [0, 0.1) is 17.3 Å². The van der Waals surface area contributed by atoms with E-state index in [2.05, 4.69) is 27.2 Å². The number of aliphatic hydroxyl groups is 1. The molecule has 0 atom stereocenters. The zero-order valence-electron chi connectivity index (χ0n) is 8.97. The molecule has 1 radical (unpaired) electrons. The number of rotatable bonds is 2. The summed E-state index contributed by atoms with van der Waals surface area (Å²) >= 11 is 0. The summed E-state index contributed by atoms with van der Waals surface area (Å²) in [6.07, 6.45) is 4.21. The molecule has 0 spiro atoms. The molecule has 1 fully saturated rings. The van der Waals surface area contributed by atoms with Crippen LogP contribution < -0.4 is 0 Å². The lowest BCUT2D eigenvalue weighted by molar-refractivity contribution is -0.00704. The van der Waals surface area contributed by atoms with Crippen molar-refractivity contribution in [2.24, 2.45) is 10.8 Å². The van der Waals surface area contributed by atoms with Gasteiger partial charge in [0, 0.05) is 25.2 Å². The Kier molecular flexibility index (Phi) is 3.36. The zero-order valence-corrected chi connectivity index (χ0v) is 8.97. The van der Waals surface area contributed by atoms with Gasteiger partial charge in [0.25, 0.3) is 0 Å². The molecule has 1 saturated heterocycles. The Balaban J connectivity index is 2.57. The first-order valence-corrected chi connectivity index (χ1v) is 5.03. The largest absolute Gasteiger partial charge is 0.396 e. The Labute approximate surface area is 81.3 Å². The van der Waals surface area contributed by atoms with E-state index >= 15 is 0 Å². The van der Waals surface area contributed by atoms with Crippen molar-refractivity contribution >= 4 is 0 Å². The standard InChI is InChI=1S/C11H21O2/c1-10(2,3)8-11(9-12)4-6-13-7-5-11/h8,12H,4-7,9H2,1-3H3. The summed E-state index contributed by atoms with van der Waals surface area (Å²) in [5.41, 5.74) is 0.191. The molecule has 1 heterocycles. The number of aliphatic hydroxyl groups excluding tert-OH is 1. The van der Waals surface area contributed by atoms with Gasteiger partial charge in [-0.25, -0.2) is 0 Å². The van der Waals surface area contributed by atoms with Crippen molar-refractivity contribution in [2.75, 3.05) is 19.8 Å². The third kappa shape index (κ3) is 3.28. The molecule has 0 aromatic heterocycles. The third-order valence-corrected chi connectivity index (χ3v) is 2.54. The smallest absolute Gasteiger partial charge is 0.0492 e. The Bertz CT molecular complexity index is 152. The molecule has 1 rings (SSSR count). The van der Waals surface area contributed by atoms with E-state index in [0.717, 1.165) is 26.1 Å². The first kappa shape index (κ1) is 11.0. The van der Waals surface area contributed by atoms with Crippen LogP contribution in [0.3, 0.4) is 0 Å². The number of ether oxygens (including phenoxy) is 1. The fraction of sp³-hybridized carbons (Fsp3) is 0.909. The monoisotopic (exact) mass is 185 g/mol. The molecule has 0 aromatic rings. The van der Waals surface area contributed by atoms with Crippen LogP contribution in [-0.4, -0.2) is 24.9 Å². The van der Waals surface area contributed by atoms with Gasteiger partial charge in [-0.2, -0.15) is 0 Å². The van der Waals surface area contributed by atoms with E-state index in [9.17, 15) is 5.11 Å². The predicted molar refractivity (Wildman–Crippen MR) is 53.3 cm³/mol. The van der Waals surface area contributed by atoms with Gasteiger partial charge < -0.3 is 9.84 Å². The molecule has 0 amide bonds. The minimum absolute atomic E-state index is 0.0104. The van der Waals surface area contributed by atoms with Crippen LogP contribution in [-0.2, 0) is 4.74 Å². The molecule has 0 aromatic carbocycles. The van der Waals surface area contributed by atoms with Crippen LogP contribution in [0.1, 0.15) is 33.6 Å². The summed E-state index contributed by atoms with van der Waals surface area (Å²) in [5.74, 6) is 0. The molecule has 1 aliphatic heterocycles. The SMILES string of the molecule is CC(C)(C)[CH]C1(CO)CCOCC1. The lowest BCUT2D eigenvalue weighted by Crippen LogP contribution is -2.37. The van der Waals surface area contributed by atoms with Gasteiger partial charge in [0.05, 0.1) is 0 Å². The second kappa shape index (κ2) is 3.97. The Hall–Kier alpha value is -0.0800. The van der Waals surface area contributed by atoms with Gasteiger partial charge in [0.2, 0.25) is 0 Å². The molecule has 0 aliphatic carbocycles. The van der Waals surface area contributed by atoms with E-state index < -0.39 is 0 Å². The van der Waals surface area contributed by atoms with E-state index in [1.54, 1.807) is 0 Å². The van der Waals surface area contributed by atoms with Gasteiger partial charge in [-0.1, -0.05) is 20.8 Å². The van der Waals surface area contributed by atoms with Gasteiger partial charge >= 0.3 is 0 Å². The lowest BCUT2D eigenvalue weighted by Gasteiger charge is -2.39. The van der Waals surface area contributed by atoms with Crippen LogP contribution in [0.5, 0.6) is 0 Å². The van der Waals surface area contributed by atoms with E-state index in [1.807, 2.05) is 0 Å². The third-order valence-electron chi connectivity index (χ3n) is 2.54. The molecular weight excluding hydrogens is 164 g/mol. The predicted octanol–water partition coefficient (Wildman–Crippen LogP) is 2.03. The van der Waals surface area contributed by atoms with Gasteiger partial charge in [-0.05, 0) is 24.7 Å². The summed E-state index contributed by atoms with van der Waals surface area (Å²) in [5, 5.41) is 9.42. The van der Waals surface area contributed by atoms with Crippen LogP contribution in [0.25, 0.3) is 0 Å². The molecule has 2 heteroatoms. The van der Waals surface area contributed by atoms with Crippen molar-refractivity contribution in [3.8, 4) is 0 Å². The average molecular weight is 185 g/mol. The van der Waals surface area contributed by atoms with Crippen LogP contribution in [0.2, 0.25) is 0 Å². The Morgan fingerprint density at radius 3 is 2.23 bits per heavy atom. The van der Waals surface area contributed by atoms with Crippen molar-refractivity contribution in [1.29, 1.82) is 0 Å². The highest BCUT2D eigenvalue weighted by molar-refractivity contribution is 4.99. The van der Waals surface area contributed by atoms with Crippen molar-refractivity contribution in [1.82, 2.24) is 0 Å². The second-order valence-electron chi connectivity index (χ2n) is 5.14. The first-order valence-electron chi connectivity index (χ1n) is 5.03. The maximum Gasteiger partial charge on any atom is 0.0492 e. The van der Waals surface area contributed by atoms with Crippen molar-refractivity contribution in [3.05, 3.63) is 6.42 Å². The highest BCUT2D eigenvalue weighted by Crippen LogP contribution is 2.39. The summed E-state index contributed by atoms with van der Waals surface area (Å²) in [6.45, 7) is 8.37. The minimum Gasteiger partial charge on any atom is -0.396 e. The minimum atomic E-state index is 0.0104. The van der Waals surface area contributed by atoms with Gasteiger partial charge in [-0.3, -0.25) is 0 Å². The lowest BCUT2D eigenvalue weighted by atomic mass is 9.70. The second-order valence-corrected chi connectivity index (χ2v) is 5.14. The van der Waals surface area contributed by atoms with E-state index in [1.165, 1.54) is 0 Å². The first-order chi connectivity index (χ1) is 5.97. The molecule has 1 aliphatic rings. The number of hydrogen-bond acceptors (Lipinski definition) is 2. The van der Waals surface area contributed by atoms with Crippen LogP contribution in [0.4, 0.5) is 0 Å². The molecular formula is C11H21O2. The van der Waals surface area contributed by atoms with E-state index in [0.29, 0.717) is 0 Å². The summed E-state index contributed by atoms with van der Waals surface area (Å²) < 4.78 is 5.31. The Morgan fingerprint density at radius 1 is 1.31 bits per heavy atom. The molecule has 2 nitrogen and oxygen atoms in total. The maximum atomic E-state index is 9.42. The maximum absolute atomic E-state index is 9.42. The molecule has 13 heavy (non-hydrogen) atoms. The van der Waals surface area contributed by atoms with E-state index in [-0.39, 0.29) is 17.4 Å². The molecule has 0 bridgehead atoms. The molecule has 0 saturated carbocycles. The highest BCUT2D eigenvalue weighted by Gasteiger charge is 2.35. The molecule has 0 unspecified atom stereocenters. The van der Waals surface area contributed by atoms with Gasteiger partial charge in [-0.15, -0.1) is 0 Å². The molecule has 1 N–H and O–H groups in total. The summed E-state index contributed by atoms with van der Waals surface area (Å²) in [7, 11) is 0. The van der Waals surface area contributed by atoms with E-state index in [4.69, 9.17) is 4.74 Å². The normalized spacial score (nSPS) is 23.1. The highest BCUT2D eigenvalue weighted by atomic mass is 16.5. The fourth-order valence-electron chi connectivity index (χ4n) is 2.04. The Morgan fingerprint density at radius 2 is 1.85 bits per heavy atom. The fourth-order valence-corrected chi connectivity index (χ4v) is 2.04. The topological polar surface area (TPSA) is 29.5 Å². The van der Waals surface area contributed by atoms with Gasteiger partial charge in [0.1, 0.15) is 0 Å². The van der Waals surface area contributed by atoms with Crippen LogP contribution in [0.15, 0.2) is 0 Å². The molecule has 77 valence electrons. The summed E-state index contributed by atoms with van der Waals surface area (Å²) in [4.78, 5) is 0. The summed E-state index contributed by atoms with van der Waals surface area (Å²) in [6, 6.07) is 0. The van der Waals surface area contributed by atoms with Gasteiger partial charge in [0.15, 0.2) is 0 Å². The van der Waals surface area contributed by atoms with Crippen molar-refractivity contribution in [3.63, 3.8) is 0 Å². The van der Waals surface area contributed by atoms with Crippen LogP contribution >= 0.6 is 0 Å². The number of hydrogen-bond donors (Lipinski definition) is 1. The van der Waals surface area contributed by atoms with Crippen molar-refractivity contribution < 1.29 is 9.84 Å². The average Bonchev–Trinajstić information content (AvgIpc) is 2.03. The quantitative estimate of drug-likeness (QED) is 0.713. The zero-order chi connectivity index (χ0) is 9.95. The van der Waals surface area contributed by atoms with Crippen molar-refractivity contribution in [2.45, 2.75) is 33.6 Å².